The molecule has 4 heteroatoms. The summed E-state index contributed by atoms with van der Waals surface area (Å²) in [7, 11) is -0.774. The SMILES string of the molecule is C[SiH](C)c1cnn(C(C)(C)C)n1. The van der Waals surface area contributed by atoms with Crippen molar-refractivity contribution in [3.8, 4) is 0 Å². The normalized spacial score (nSPS) is 12.5. The topological polar surface area (TPSA) is 30.7 Å². The second-order valence-electron chi connectivity index (χ2n) is 4.38. The molecule has 1 aromatic heterocycles. The van der Waals surface area contributed by atoms with Crippen molar-refractivity contribution in [3.05, 3.63) is 6.20 Å². The van der Waals surface area contributed by atoms with E-state index in [1.54, 1.807) is 4.80 Å². The van der Waals surface area contributed by atoms with Gasteiger partial charge in [-0.15, -0.1) is 0 Å². The molecule has 0 aromatic carbocycles. The lowest BCUT2D eigenvalue weighted by atomic mass is 10.1. The summed E-state index contributed by atoms with van der Waals surface area (Å²) >= 11 is 0. The van der Waals surface area contributed by atoms with Gasteiger partial charge in [-0.1, -0.05) is 13.1 Å². The lowest BCUT2D eigenvalue weighted by Gasteiger charge is -2.16. The fraction of sp³-hybridized carbons (Fsp3) is 0.750. The van der Waals surface area contributed by atoms with E-state index in [4.69, 9.17) is 0 Å². The van der Waals surface area contributed by atoms with Crippen molar-refractivity contribution in [2.75, 3.05) is 0 Å². The van der Waals surface area contributed by atoms with E-state index < -0.39 is 8.80 Å². The van der Waals surface area contributed by atoms with Crippen LogP contribution in [0.4, 0.5) is 0 Å². The van der Waals surface area contributed by atoms with Gasteiger partial charge in [-0.05, 0) is 20.8 Å². The molecule has 3 nitrogen and oxygen atoms in total. The Hall–Kier alpha value is -0.643. The minimum absolute atomic E-state index is 0.0154. The summed E-state index contributed by atoms with van der Waals surface area (Å²) < 4.78 is 0. The molecule has 0 saturated heterocycles. The first-order chi connectivity index (χ1) is 5.41. The molecule has 12 heavy (non-hydrogen) atoms. The van der Waals surface area contributed by atoms with Gasteiger partial charge in [0, 0.05) is 0 Å². The minimum Gasteiger partial charge on any atom is -0.180 e. The van der Waals surface area contributed by atoms with E-state index in [1.807, 2.05) is 6.20 Å². The van der Waals surface area contributed by atoms with Crippen LogP contribution in [0.15, 0.2) is 6.20 Å². The van der Waals surface area contributed by atoms with Crippen LogP contribution in [0.2, 0.25) is 13.1 Å². The third-order valence-electron chi connectivity index (χ3n) is 1.70. The molecule has 0 aliphatic heterocycles. The summed E-state index contributed by atoms with van der Waals surface area (Å²) in [6.45, 7) is 10.9. The van der Waals surface area contributed by atoms with E-state index in [2.05, 4.69) is 44.1 Å². The van der Waals surface area contributed by atoms with Crippen LogP contribution in [-0.4, -0.2) is 23.8 Å². The molecule has 0 amide bonds. The second kappa shape index (κ2) is 3.01. The molecular formula is C8H17N3Si. The quantitative estimate of drug-likeness (QED) is 0.601. The first-order valence-electron chi connectivity index (χ1n) is 4.34. The fourth-order valence-corrected chi connectivity index (χ4v) is 1.57. The summed E-state index contributed by atoms with van der Waals surface area (Å²) in [6, 6.07) is 0. The summed E-state index contributed by atoms with van der Waals surface area (Å²) in [6.07, 6.45) is 1.90. The maximum atomic E-state index is 4.45. The van der Waals surface area contributed by atoms with Gasteiger partial charge >= 0.3 is 0 Å². The molecule has 0 aliphatic rings. The third kappa shape index (κ3) is 1.94. The summed E-state index contributed by atoms with van der Waals surface area (Å²) in [5.74, 6) is 0. The standard InChI is InChI=1S/C8H17N3Si/c1-8(2,3)11-9-6-7(10-11)12(4)5/h6,12H,1-5H3. The lowest BCUT2D eigenvalue weighted by molar-refractivity contribution is 0.313. The summed E-state index contributed by atoms with van der Waals surface area (Å²) in [5, 5.41) is 9.90. The van der Waals surface area contributed by atoms with Gasteiger partial charge in [-0.3, -0.25) is 0 Å². The van der Waals surface area contributed by atoms with Crippen molar-refractivity contribution in [3.63, 3.8) is 0 Å². The molecule has 0 unspecified atom stereocenters. The smallest absolute Gasteiger partial charge is 0.0930 e. The number of aromatic nitrogens is 3. The average Bonchev–Trinajstić information content (AvgIpc) is 2.30. The second-order valence-corrected chi connectivity index (χ2v) is 7.29. The number of hydrogen-bond donors (Lipinski definition) is 0. The van der Waals surface area contributed by atoms with E-state index in [9.17, 15) is 0 Å². The first-order valence-corrected chi connectivity index (χ1v) is 7.22. The van der Waals surface area contributed by atoms with Crippen molar-refractivity contribution in [2.24, 2.45) is 0 Å². The maximum Gasteiger partial charge on any atom is 0.0930 e. The molecule has 0 atom stereocenters. The Morgan fingerprint density at radius 1 is 1.33 bits per heavy atom. The summed E-state index contributed by atoms with van der Waals surface area (Å²) in [5.41, 5.74) is 0.0154. The zero-order valence-corrected chi connectivity index (χ0v) is 9.65. The monoisotopic (exact) mass is 183 g/mol. The van der Waals surface area contributed by atoms with Gasteiger partial charge in [-0.2, -0.15) is 15.0 Å². The van der Waals surface area contributed by atoms with Crippen LogP contribution in [0.3, 0.4) is 0 Å². The molecule has 0 saturated carbocycles. The van der Waals surface area contributed by atoms with E-state index in [-0.39, 0.29) is 5.54 Å². The predicted octanol–water partition coefficient (Wildman–Crippen LogP) is 0.727. The zero-order valence-electron chi connectivity index (χ0n) is 8.50. The molecule has 0 spiro atoms. The van der Waals surface area contributed by atoms with Crippen LogP contribution in [0, 0.1) is 0 Å². The Kier molecular flexibility index (Phi) is 2.37. The van der Waals surface area contributed by atoms with E-state index in [1.165, 1.54) is 5.32 Å². The zero-order chi connectivity index (χ0) is 9.35. The molecule has 1 aromatic rings. The van der Waals surface area contributed by atoms with Crippen LogP contribution in [0.1, 0.15) is 20.8 Å². The Labute approximate surface area is 75.4 Å². The van der Waals surface area contributed by atoms with Gasteiger partial charge in [-0.25, -0.2) is 0 Å². The molecule has 0 bridgehead atoms. The highest BCUT2D eigenvalue weighted by Gasteiger charge is 2.16. The molecule has 68 valence electrons. The van der Waals surface area contributed by atoms with E-state index >= 15 is 0 Å². The average molecular weight is 183 g/mol. The Bertz CT molecular complexity index is 260. The minimum atomic E-state index is -0.774. The van der Waals surface area contributed by atoms with Crippen molar-refractivity contribution in [1.29, 1.82) is 0 Å². The molecule has 0 N–H and O–H groups in total. The van der Waals surface area contributed by atoms with Crippen LogP contribution in [0.5, 0.6) is 0 Å². The fourth-order valence-electron chi connectivity index (χ4n) is 0.863. The van der Waals surface area contributed by atoms with Crippen molar-refractivity contribution in [2.45, 2.75) is 39.4 Å². The van der Waals surface area contributed by atoms with E-state index in [0.29, 0.717) is 0 Å². The number of rotatable bonds is 1. The molecular weight excluding hydrogens is 166 g/mol. The van der Waals surface area contributed by atoms with Crippen LogP contribution in [0.25, 0.3) is 0 Å². The van der Waals surface area contributed by atoms with Gasteiger partial charge in [0.15, 0.2) is 0 Å². The van der Waals surface area contributed by atoms with Crippen LogP contribution in [-0.2, 0) is 5.54 Å². The molecule has 0 aliphatic carbocycles. The van der Waals surface area contributed by atoms with Gasteiger partial charge in [0.05, 0.1) is 25.8 Å². The Balaban J connectivity index is 2.92. The van der Waals surface area contributed by atoms with Gasteiger partial charge < -0.3 is 0 Å². The van der Waals surface area contributed by atoms with Crippen LogP contribution >= 0.6 is 0 Å². The Morgan fingerprint density at radius 3 is 2.17 bits per heavy atom. The molecule has 0 fully saturated rings. The third-order valence-corrected chi connectivity index (χ3v) is 3.15. The van der Waals surface area contributed by atoms with Crippen molar-refractivity contribution < 1.29 is 0 Å². The van der Waals surface area contributed by atoms with Gasteiger partial charge in [0.2, 0.25) is 0 Å². The highest BCUT2D eigenvalue weighted by molar-refractivity contribution is 6.69. The van der Waals surface area contributed by atoms with Crippen molar-refractivity contribution >= 4 is 14.1 Å². The highest BCUT2D eigenvalue weighted by atomic mass is 28.3. The number of nitrogens with zero attached hydrogens (tertiary/aromatic N) is 3. The molecule has 0 radical (unpaired) electrons. The van der Waals surface area contributed by atoms with Crippen molar-refractivity contribution in [1.82, 2.24) is 15.0 Å². The predicted molar refractivity (Wildman–Crippen MR) is 53.5 cm³/mol. The van der Waals surface area contributed by atoms with Gasteiger partial charge in [0.1, 0.15) is 0 Å². The first kappa shape index (κ1) is 9.44. The summed E-state index contributed by atoms with van der Waals surface area (Å²) in [4.78, 5) is 1.80. The van der Waals surface area contributed by atoms with Crippen LogP contribution < -0.4 is 5.32 Å². The Morgan fingerprint density at radius 2 is 1.92 bits per heavy atom. The highest BCUT2D eigenvalue weighted by Crippen LogP contribution is 2.07. The molecule has 1 heterocycles. The lowest BCUT2D eigenvalue weighted by Crippen LogP contribution is -2.29. The van der Waals surface area contributed by atoms with Gasteiger partial charge in [0.25, 0.3) is 0 Å². The van der Waals surface area contributed by atoms with E-state index in [0.717, 1.165) is 0 Å². The molecule has 1 rings (SSSR count). The maximum absolute atomic E-state index is 4.45. The largest absolute Gasteiger partial charge is 0.180 e. The number of hydrogen-bond acceptors (Lipinski definition) is 2.